The summed E-state index contributed by atoms with van der Waals surface area (Å²) in [5, 5.41) is 2.66. The number of allylic oxidation sites excluding steroid dienone is 2. The van der Waals surface area contributed by atoms with E-state index in [4.69, 9.17) is 0 Å². The van der Waals surface area contributed by atoms with Gasteiger partial charge in [-0.15, -0.1) is 0 Å². The minimum atomic E-state index is -4.42. The Morgan fingerprint density at radius 3 is 2.59 bits per heavy atom. The molecule has 0 unspecified atom stereocenters. The van der Waals surface area contributed by atoms with E-state index in [2.05, 4.69) is 10.3 Å². The molecule has 2 heterocycles. The lowest BCUT2D eigenvalue weighted by atomic mass is 10.0. The highest BCUT2D eigenvalue weighted by atomic mass is 19.4. The largest absolute Gasteiger partial charge is 0.418 e. The van der Waals surface area contributed by atoms with Crippen LogP contribution in [0, 0.1) is 0 Å². The molecule has 2 rings (SSSR count). The van der Waals surface area contributed by atoms with Crippen molar-refractivity contribution < 1.29 is 13.2 Å². The molecule has 1 aliphatic heterocycles. The fraction of sp³-hybridized carbons (Fsp3) is 0.182. The number of pyridine rings is 1. The summed E-state index contributed by atoms with van der Waals surface area (Å²) in [7, 11) is 0. The lowest BCUT2D eigenvalue weighted by Crippen LogP contribution is -2.24. The van der Waals surface area contributed by atoms with E-state index in [-0.39, 0.29) is 11.3 Å². The summed E-state index contributed by atoms with van der Waals surface area (Å²) in [6, 6.07) is 2.54. The van der Waals surface area contributed by atoms with Crippen molar-refractivity contribution in [3.05, 3.63) is 52.0 Å². The van der Waals surface area contributed by atoms with Gasteiger partial charge in [0.15, 0.2) is 0 Å². The van der Waals surface area contributed by atoms with Crippen LogP contribution in [0.4, 0.5) is 13.2 Å². The molecular weight excluding hydrogens is 233 g/mol. The van der Waals surface area contributed by atoms with Crippen LogP contribution in [-0.4, -0.2) is 17.7 Å². The highest BCUT2D eigenvalue weighted by Crippen LogP contribution is 2.33. The Morgan fingerprint density at radius 2 is 2.00 bits per heavy atom. The van der Waals surface area contributed by atoms with Gasteiger partial charge in [0.05, 0.1) is 11.3 Å². The van der Waals surface area contributed by atoms with Crippen LogP contribution in [0.2, 0.25) is 0 Å². The second kappa shape index (κ2) is 4.12. The molecule has 0 fully saturated rings. The van der Waals surface area contributed by atoms with Crippen LogP contribution in [-0.2, 0) is 0 Å². The van der Waals surface area contributed by atoms with Crippen LogP contribution in [0.25, 0.3) is 5.70 Å². The van der Waals surface area contributed by atoms with Crippen molar-refractivity contribution in [2.45, 2.75) is 6.18 Å². The van der Waals surface area contributed by atoms with Crippen LogP contribution in [0.15, 0.2) is 40.8 Å². The number of rotatable bonds is 1. The number of halogens is 3. The predicted octanol–water partition coefficient (Wildman–Crippen LogP) is 1.81. The van der Waals surface area contributed by atoms with Crippen molar-refractivity contribution in [3.63, 3.8) is 0 Å². The fourth-order valence-electron chi connectivity index (χ4n) is 1.58. The smallest absolute Gasteiger partial charge is 0.381 e. The first-order valence-electron chi connectivity index (χ1n) is 4.89. The Bertz CT molecular complexity index is 520. The number of alkyl halides is 3. The van der Waals surface area contributed by atoms with E-state index in [1.165, 1.54) is 24.4 Å². The zero-order valence-electron chi connectivity index (χ0n) is 8.64. The van der Waals surface area contributed by atoms with Gasteiger partial charge in [-0.25, -0.2) is 0 Å². The van der Waals surface area contributed by atoms with Gasteiger partial charge in [-0.05, 0) is 6.07 Å². The molecule has 1 aromatic heterocycles. The summed E-state index contributed by atoms with van der Waals surface area (Å²) in [5.41, 5.74) is -0.803. The topological polar surface area (TPSA) is 44.9 Å². The van der Waals surface area contributed by atoms with Gasteiger partial charge in [0.1, 0.15) is 0 Å². The quantitative estimate of drug-likeness (QED) is 0.788. The highest BCUT2D eigenvalue weighted by Gasteiger charge is 2.35. The van der Waals surface area contributed by atoms with Gasteiger partial charge in [-0.3, -0.25) is 4.79 Å². The number of aromatic amines is 1. The summed E-state index contributed by atoms with van der Waals surface area (Å²) >= 11 is 0. The van der Waals surface area contributed by atoms with Crippen LogP contribution < -0.4 is 10.9 Å². The Kier molecular flexibility index (Phi) is 2.79. The second-order valence-corrected chi connectivity index (χ2v) is 3.51. The zero-order chi connectivity index (χ0) is 12.5. The van der Waals surface area contributed by atoms with E-state index < -0.39 is 11.7 Å². The van der Waals surface area contributed by atoms with Crippen molar-refractivity contribution in [1.29, 1.82) is 0 Å². The van der Waals surface area contributed by atoms with E-state index in [9.17, 15) is 18.0 Å². The van der Waals surface area contributed by atoms with Crippen molar-refractivity contribution in [2.24, 2.45) is 0 Å². The molecule has 6 heteroatoms. The van der Waals surface area contributed by atoms with E-state index >= 15 is 0 Å². The van der Waals surface area contributed by atoms with Crippen molar-refractivity contribution in [3.8, 4) is 0 Å². The maximum Gasteiger partial charge on any atom is 0.418 e. The standard InChI is InChI=1S/C11H9F3N2O/c12-11(13,14)8-2-1-5-15-10(8)7-3-4-9(17)16-6-7/h1-4,6,15H,5H2,(H,16,17). The third-order valence-electron chi connectivity index (χ3n) is 2.33. The molecule has 1 aromatic rings. The van der Waals surface area contributed by atoms with Crippen LogP contribution >= 0.6 is 0 Å². The minimum absolute atomic E-state index is 0.0174. The van der Waals surface area contributed by atoms with Gasteiger partial charge >= 0.3 is 6.18 Å². The average molecular weight is 242 g/mol. The molecule has 2 N–H and O–H groups in total. The van der Waals surface area contributed by atoms with Crippen LogP contribution in [0.5, 0.6) is 0 Å². The monoisotopic (exact) mass is 242 g/mol. The van der Waals surface area contributed by atoms with Crippen LogP contribution in [0.1, 0.15) is 5.56 Å². The molecule has 0 saturated heterocycles. The summed E-state index contributed by atoms with van der Waals surface area (Å²) in [4.78, 5) is 13.2. The Hall–Kier alpha value is -1.98. The molecule has 0 spiro atoms. The van der Waals surface area contributed by atoms with E-state index in [1.54, 1.807) is 0 Å². The number of nitrogens with one attached hydrogen (secondary N) is 2. The molecule has 0 aliphatic carbocycles. The van der Waals surface area contributed by atoms with Crippen molar-refractivity contribution in [1.82, 2.24) is 10.3 Å². The first kappa shape index (κ1) is 11.5. The average Bonchev–Trinajstić information content (AvgIpc) is 2.29. The lowest BCUT2D eigenvalue weighted by molar-refractivity contribution is -0.0880. The van der Waals surface area contributed by atoms with Gasteiger partial charge in [-0.1, -0.05) is 12.2 Å². The SMILES string of the molecule is O=c1ccc(C2=C(C(F)(F)F)C=CCN2)c[nH]1. The van der Waals surface area contributed by atoms with Crippen molar-refractivity contribution in [2.75, 3.05) is 6.54 Å². The molecule has 90 valence electrons. The predicted molar refractivity (Wildman–Crippen MR) is 57.2 cm³/mol. The molecular formula is C11H9F3N2O. The number of aromatic nitrogens is 1. The number of H-pyrrole nitrogens is 1. The first-order chi connectivity index (χ1) is 7.98. The highest BCUT2D eigenvalue weighted by molar-refractivity contribution is 5.71. The van der Waals surface area contributed by atoms with E-state index in [1.807, 2.05) is 0 Å². The maximum atomic E-state index is 12.7. The van der Waals surface area contributed by atoms with Crippen molar-refractivity contribution >= 4 is 5.70 Å². The summed E-state index contributed by atoms with van der Waals surface area (Å²) in [6.45, 7) is 0.327. The summed E-state index contributed by atoms with van der Waals surface area (Å²) in [6.07, 6.45) is -0.722. The normalized spacial score (nSPS) is 15.9. The number of dihydropyridines is 1. The molecule has 1 aliphatic rings. The molecule has 17 heavy (non-hydrogen) atoms. The molecule has 0 radical (unpaired) electrons. The summed E-state index contributed by atoms with van der Waals surface area (Å²) < 4.78 is 38.2. The minimum Gasteiger partial charge on any atom is -0.381 e. The van der Waals surface area contributed by atoms with Gasteiger partial charge in [0.2, 0.25) is 5.56 Å². The maximum absolute atomic E-state index is 12.7. The third-order valence-corrected chi connectivity index (χ3v) is 2.33. The Balaban J connectivity index is 2.53. The molecule has 0 amide bonds. The third kappa shape index (κ3) is 2.41. The first-order valence-corrected chi connectivity index (χ1v) is 4.89. The van der Waals surface area contributed by atoms with Gasteiger partial charge in [0.25, 0.3) is 0 Å². The zero-order valence-corrected chi connectivity index (χ0v) is 8.64. The fourth-order valence-corrected chi connectivity index (χ4v) is 1.58. The molecule has 0 atom stereocenters. The van der Waals surface area contributed by atoms with E-state index in [0.29, 0.717) is 12.1 Å². The molecule has 0 saturated carbocycles. The second-order valence-electron chi connectivity index (χ2n) is 3.51. The molecule has 0 aromatic carbocycles. The van der Waals surface area contributed by atoms with Crippen LogP contribution in [0.3, 0.4) is 0 Å². The Labute approximate surface area is 94.7 Å². The lowest BCUT2D eigenvalue weighted by Gasteiger charge is -2.19. The van der Waals surface area contributed by atoms with Gasteiger partial charge < -0.3 is 10.3 Å². The Morgan fingerprint density at radius 1 is 1.24 bits per heavy atom. The summed E-state index contributed by atoms with van der Waals surface area (Å²) in [5.74, 6) is 0. The number of hydrogen-bond acceptors (Lipinski definition) is 2. The van der Waals surface area contributed by atoms with Gasteiger partial charge in [-0.2, -0.15) is 13.2 Å². The molecule has 3 nitrogen and oxygen atoms in total. The van der Waals surface area contributed by atoms with E-state index in [0.717, 1.165) is 6.08 Å². The molecule has 0 bridgehead atoms. The van der Waals surface area contributed by atoms with Gasteiger partial charge in [0, 0.05) is 24.4 Å². The number of hydrogen-bond donors (Lipinski definition) is 2.